The van der Waals surface area contributed by atoms with Crippen molar-refractivity contribution in [3.8, 4) is 11.4 Å². The Balaban J connectivity index is 2.28. The van der Waals surface area contributed by atoms with E-state index in [0.717, 1.165) is 5.56 Å². The largest absolute Gasteiger partial charge is 0.338 e. The summed E-state index contributed by atoms with van der Waals surface area (Å²) in [5, 5.41) is 0. The topological polar surface area (TPSA) is 54.7 Å². The van der Waals surface area contributed by atoms with Crippen LogP contribution in [0.25, 0.3) is 22.4 Å². The lowest BCUT2D eigenvalue weighted by atomic mass is 10.1. The highest BCUT2D eigenvalue weighted by Gasteiger charge is 2.17. The van der Waals surface area contributed by atoms with E-state index in [1.165, 1.54) is 12.1 Å². The highest BCUT2D eigenvalue weighted by molar-refractivity contribution is 5.82. The molecule has 1 heterocycles. The van der Waals surface area contributed by atoms with Crippen molar-refractivity contribution in [3.05, 3.63) is 53.1 Å². The fourth-order valence-corrected chi connectivity index (χ4v) is 2.25. The maximum Gasteiger partial charge on any atom is 0.144 e. The molecule has 2 aromatic carbocycles. The number of para-hydroxylation sites is 1. The normalized spacial score (nSPS) is 11.2. The van der Waals surface area contributed by atoms with Crippen LogP contribution in [-0.2, 0) is 6.54 Å². The van der Waals surface area contributed by atoms with Gasteiger partial charge in [-0.05, 0) is 30.2 Å². The van der Waals surface area contributed by atoms with Crippen LogP contribution in [0.15, 0.2) is 30.3 Å². The van der Waals surface area contributed by atoms with Crippen molar-refractivity contribution in [2.24, 2.45) is 5.73 Å². The van der Waals surface area contributed by atoms with Crippen LogP contribution in [0.5, 0.6) is 0 Å². The maximum absolute atomic E-state index is 14.1. The van der Waals surface area contributed by atoms with Crippen LogP contribution in [0, 0.1) is 18.6 Å². The van der Waals surface area contributed by atoms with Crippen LogP contribution >= 0.6 is 0 Å². The first-order chi connectivity index (χ1) is 9.61. The number of imidazole rings is 1. The first kappa shape index (κ1) is 12.7. The molecule has 3 aromatic rings. The molecule has 0 unspecified atom stereocenters. The van der Waals surface area contributed by atoms with Crippen LogP contribution in [0.1, 0.15) is 11.1 Å². The molecule has 0 bridgehead atoms. The first-order valence-electron chi connectivity index (χ1n) is 6.24. The molecule has 0 radical (unpaired) electrons. The summed E-state index contributed by atoms with van der Waals surface area (Å²) in [6.45, 7) is 1.91. The molecule has 0 aliphatic rings. The van der Waals surface area contributed by atoms with Crippen LogP contribution in [0.2, 0.25) is 0 Å². The summed E-state index contributed by atoms with van der Waals surface area (Å²) in [6, 6.07) is 8.12. The van der Waals surface area contributed by atoms with Crippen molar-refractivity contribution in [3.63, 3.8) is 0 Å². The average Bonchev–Trinajstić information content (AvgIpc) is 2.86. The van der Waals surface area contributed by atoms with Crippen molar-refractivity contribution in [1.29, 1.82) is 0 Å². The Kier molecular flexibility index (Phi) is 2.99. The number of rotatable bonds is 2. The van der Waals surface area contributed by atoms with E-state index >= 15 is 0 Å². The van der Waals surface area contributed by atoms with E-state index in [0.29, 0.717) is 23.1 Å². The number of nitrogens with one attached hydrogen (secondary N) is 1. The van der Waals surface area contributed by atoms with Gasteiger partial charge in [-0.15, -0.1) is 0 Å². The van der Waals surface area contributed by atoms with Crippen molar-refractivity contribution < 1.29 is 8.78 Å². The van der Waals surface area contributed by atoms with Crippen LogP contribution in [0.3, 0.4) is 0 Å². The second kappa shape index (κ2) is 4.68. The third kappa shape index (κ3) is 1.87. The monoisotopic (exact) mass is 273 g/mol. The molecule has 3 nitrogen and oxygen atoms in total. The van der Waals surface area contributed by atoms with Gasteiger partial charge in [0, 0.05) is 6.54 Å². The highest BCUT2D eigenvalue weighted by Crippen LogP contribution is 2.28. The van der Waals surface area contributed by atoms with E-state index in [2.05, 4.69) is 9.97 Å². The second-order valence-corrected chi connectivity index (χ2v) is 4.66. The zero-order chi connectivity index (χ0) is 14.3. The Morgan fingerprint density at radius 3 is 2.75 bits per heavy atom. The van der Waals surface area contributed by atoms with Crippen molar-refractivity contribution in [1.82, 2.24) is 9.97 Å². The smallest absolute Gasteiger partial charge is 0.144 e. The Bertz CT molecular complexity index is 793. The molecule has 20 heavy (non-hydrogen) atoms. The van der Waals surface area contributed by atoms with Crippen molar-refractivity contribution in [2.75, 3.05) is 0 Å². The van der Waals surface area contributed by atoms with Gasteiger partial charge in [-0.3, -0.25) is 0 Å². The minimum Gasteiger partial charge on any atom is -0.338 e. The van der Waals surface area contributed by atoms with Gasteiger partial charge in [0.1, 0.15) is 17.5 Å². The zero-order valence-electron chi connectivity index (χ0n) is 10.9. The molecule has 1 aromatic heterocycles. The summed E-state index contributed by atoms with van der Waals surface area (Å²) in [5.41, 5.74) is 8.07. The SMILES string of the molecule is Cc1ccc(F)c(-c2nc3c(CN)cccc3[nH]2)c1F. The number of halogens is 2. The van der Waals surface area contributed by atoms with Gasteiger partial charge in [-0.1, -0.05) is 18.2 Å². The lowest BCUT2D eigenvalue weighted by molar-refractivity contribution is 0.582. The van der Waals surface area contributed by atoms with Gasteiger partial charge < -0.3 is 10.7 Å². The third-order valence-corrected chi connectivity index (χ3v) is 3.34. The highest BCUT2D eigenvalue weighted by atomic mass is 19.1. The van der Waals surface area contributed by atoms with Crippen LogP contribution < -0.4 is 5.73 Å². The number of nitrogens with zero attached hydrogens (tertiary/aromatic N) is 1. The Morgan fingerprint density at radius 1 is 1.20 bits per heavy atom. The lowest BCUT2D eigenvalue weighted by Crippen LogP contribution is -1.97. The van der Waals surface area contributed by atoms with Crippen LogP contribution in [-0.4, -0.2) is 9.97 Å². The molecule has 0 amide bonds. The summed E-state index contributed by atoms with van der Waals surface area (Å²) in [7, 11) is 0. The van der Waals surface area contributed by atoms with Gasteiger partial charge in [0.05, 0.1) is 16.6 Å². The predicted molar refractivity (Wildman–Crippen MR) is 74.1 cm³/mol. The minimum absolute atomic E-state index is 0.135. The molecule has 0 atom stereocenters. The van der Waals surface area contributed by atoms with Crippen molar-refractivity contribution in [2.45, 2.75) is 13.5 Å². The summed E-state index contributed by atoms with van der Waals surface area (Å²) < 4.78 is 28.0. The number of benzene rings is 2. The molecule has 0 saturated heterocycles. The standard InChI is InChI=1S/C15H13F2N3/c1-8-5-6-10(16)12(13(8)17)15-19-11-4-2-3-9(7-18)14(11)20-15/h2-6H,7,18H2,1H3,(H,19,20). The lowest BCUT2D eigenvalue weighted by Gasteiger charge is -2.03. The van der Waals surface area contributed by atoms with Crippen molar-refractivity contribution >= 4 is 11.0 Å². The molecule has 0 fully saturated rings. The third-order valence-electron chi connectivity index (χ3n) is 3.34. The molecule has 0 saturated carbocycles. The molecule has 0 aliphatic carbocycles. The maximum atomic E-state index is 14.1. The van der Waals surface area contributed by atoms with Gasteiger partial charge in [-0.25, -0.2) is 13.8 Å². The minimum atomic E-state index is -0.638. The average molecular weight is 273 g/mol. The van der Waals surface area contributed by atoms with Crippen LogP contribution in [0.4, 0.5) is 8.78 Å². The van der Waals surface area contributed by atoms with E-state index in [-0.39, 0.29) is 11.4 Å². The van der Waals surface area contributed by atoms with E-state index in [9.17, 15) is 8.78 Å². The fraction of sp³-hybridized carbons (Fsp3) is 0.133. The molecule has 3 rings (SSSR count). The Hall–Kier alpha value is -2.27. The van der Waals surface area contributed by atoms with E-state index < -0.39 is 11.6 Å². The molecule has 5 heteroatoms. The van der Waals surface area contributed by atoms with Gasteiger partial charge in [0.25, 0.3) is 0 Å². The van der Waals surface area contributed by atoms with Gasteiger partial charge >= 0.3 is 0 Å². The van der Waals surface area contributed by atoms with Gasteiger partial charge in [0.2, 0.25) is 0 Å². The number of aromatic nitrogens is 2. The predicted octanol–water partition coefficient (Wildman–Crippen LogP) is 3.28. The molecule has 0 spiro atoms. The molecule has 3 N–H and O–H groups in total. The summed E-state index contributed by atoms with van der Waals surface area (Å²) in [4.78, 5) is 7.25. The number of hydrogen-bond acceptors (Lipinski definition) is 2. The van der Waals surface area contributed by atoms with E-state index in [1.54, 1.807) is 13.0 Å². The number of hydrogen-bond donors (Lipinski definition) is 2. The molecule has 102 valence electrons. The Morgan fingerprint density at radius 2 is 2.00 bits per heavy atom. The number of nitrogens with two attached hydrogens (primary N) is 1. The number of aromatic amines is 1. The number of fused-ring (bicyclic) bond motifs is 1. The number of H-pyrrole nitrogens is 1. The summed E-state index contributed by atoms with van der Waals surface area (Å²) >= 11 is 0. The quantitative estimate of drug-likeness (QED) is 0.753. The van der Waals surface area contributed by atoms with E-state index in [4.69, 9.17) is 5.73 Å². The zero-order valence-corrected chi connectivity index (χ0v) is 10.9. The summed E-state index contributed by atoms with van der Waals surface area (Å²) in [6.07, 6.45) is 0. The Labute approximate surface area is 114 Å². The fourth-order valence-electron chi connectivity index (χ4n) is 2.25. The first-order valence-corrected chi connectivity index (χ1v) is 6.24. The van der Waals surface area contributed by atoms with Gasteiger partial charge in [-0.2, -0.15) is 0 Å². The summed E-state index contributed by atoms with van der Waals surface area (Å²) in [5.74, 6) is -1.06. The molecular formula is C15H13F2N3. The molecular weight excluding hydrogens is 260 g/mol. The second-order valence-electron chi connectivity index (χ2n) is 4.66. The number of aryl methyl sites for hydroxylation is 1. The van der Waals surface area contributed by atoms with Gasteiger partial charge in [0.15, 0.2) is 0 Å². The van der Waals surface area contributed by atoms with E-state index in [1.807, 2.05) is 12.1 Å². The molecule has 0 aliphatic heterocycles.